The molecule has 3 heterocycles. The molecule has 4 rings (SSSR count). The van der Waals surface area contributed by atoms with Gasteiger partial charge in [-0.3, -0.25) is 15.0 Å². The molecule has 3 aromatic heterocycles. The smallest absolute Gasteiger partial charge is 0.273 e. The molecule has 0 saturated carbocycles. The minimum absolute atomic E-state index is 0.206. The van der Waals surface area contributed by atoms with Crippen molar-refractivity contribution in [1.82, 2.24) is 20.4 Å². The predicted octanol–water partition coefficient (Wildman–Crippen LogP) is 2.98. The zero-order valence-corrected chi connectivity index (χ0v) is 13.1. The molecule has 8 nitrogen and oxygen atoms in total. The summed E-state index contributed by atoms with van der Waals surface area (Å²) in [5, 5.41) is 26.3. The zero-order valence-electron chi connectivity index (χ0n) is 13.1. The molecule has 1 amide bonds. The molecule has 0 spiro atoms. The molecule has 8 heteroatoms. The topological polar surface area (TPSA) is 123 Å². The molecule has 4 aromatic rings. The summed E-state index contributed by atoms with van der Waals surface area (Å²) in [6.45, 7) is 1.67. The number of anilines is 1. The third kappa shape index (κ3) is 2.44. The van der Waals surface area contributed by atoms with E-state index in [-0.39, 0.29) is 17.3 Å². The molecule has 0 bridgehead atoms. The number of carbonyl (C=O) groups excluding carboxylic acids is 1. The Morgan fingerprint density at radius 3 is 2.88 bits per heavy atom. The first-order chi connectivity index (χ1) is 12.2. The number of H-pyrrole nitrogens is 2. The van der Waals surface area contributed by atoms with Crippen molar-refractivity contribution in [2.75, 3.05) is 5.32 Å². The number of amides is 1. The molecule has 0 radical (unpaired) electrons. The maximum atomic E-state index is 12.4. The van der Waals surface area contributed by atoms with Crippen LogP contribution in [0, 0.1) is 18.3 Å². The Balaban J connectivity index is 1.68. The Bertz CT molecular complexity index is 1110. The van der Waals surface area contributed by atoms with E-state index in [1.54, 1.807) is 25.5 Å². The number of furan rings is 1. The second kappa shape index (κ2) is 5.65. The minimum Gasteiger partial charge on any atom is -0.472 e. The lowest BCUT2D eigenvalue weighted by Gasteiger charge is -2.05. The van der Waals surface area contributed by atoms with Crippen LogP contribution in [-0.4, -0.2) is 26.3 Å². The van der Waals surface area contributed by atoms with Crippen molar-refractivity contribution in [3.8, 4) is 17.3 Å². The van der Waals surface area contributed by atoms with Crippen molar-refractivity contribution < 1.29 is 9.21 Å². The number of carbonyl (C=O) groups is 1. The van der Waals surface area contributed by atoms with Gasteiger partial charge in [-0.25, -0.2) is 0 Å². The van der Waals surface area contributed by atoms with Crippen LogP contribution in [0.15, 0.2) is 41.2 Å². The second-order valence-corrected chi connectivity index (χ2v) is 5.48. The van der Waals surface area contributed by atoms with E-state index in [1.165, 1.54) is 0 Å². The van der Waals surface area contributed by atoms with Crippen LogP contribution in [0.2, 0.25) is 0 Å². The van der Waals surface area contributed by atoms with Gasteiger partial charge in [-0.15, -0.1) is 0 Å². The number of aromatic amines is 2. The van der Waals surface area contributed by atoms with E-state index in [2.05, 4.69) is 25.7 Å². The summed E-state index contributed by atoms with van der Waals surface area (Å²) in [6, 6.07) is 9.19. The molecule has 1 aromatic carbocycles. The molecule has 0 aliphatic carbocycles. The summed E-state index contributed by atoms with van der Waals surface area (Å²) in [4.78, 5) is 12.4. The Hall–Kier alpha value is -3.86. The summed E-state index contributed by atoms with van der Waals surface area (Å²) in [5.41, 5.74) is 4.03. The van der Waals surface area contributed by atoms with Crippen LogP contribution in [-0.2, 0) is 0 Å². The van der Waals surface area contributed by atoms with Gasteiger partial charge >= 0.3 is 0 Å². The van der Waals surface area contributed by atoms with Crippen molar-refractivity contribution >= 4 is 22.5 Å². The standard InChI is InChI=1S/C17H12N6O2/c1-9-14(7-18)21-22-15(9)17(24)19-11-2-3-13-12(6-11)16(23-20-13)10-4-5-25-8-10/h2-6,8H,1H3,(H,19,24)(H,20,23)(H,21,22). The number of benzene rings is 1. The van der Waals surface area contributed by atoms with Crippen molar-refractivity contribution in [3.05, 3.63) is 53.7 Å². The Morgan fingerprint density at radius 1 is 1.28 bits per heavy atom. The van der Waals surface area contributed by atoms with Gasteiger partial charge < -0.3 is 9.73 Å². The van der Waals surface area contributed by atoms with Gasteiger partial charge in [0, 0.05) is 22.2 Å². The molecule has 0 atom stereocenters. The highest BCUT2D eigenvalue weighted by Gasteiger charge is 2.16. The van der Waals surface area contributed by atoms with E-state index in [9.17, 15) is 4.79 Å². The van der Waals surface area contributed by atoms with Gasteiger partial charge in [0.05, 0.1) is 18.0 Å². The van der Waals surface area contributed by atoms with Crippen LogP contribution in [0.25, 0.3) is 22.2 Å². The molecule has 0 aliphatic heterocycles. The first-order valence-corrected chi connectivity index (χ1v) is 7.44. The van der Waals surface area contributed by atoms with Gasteiger partial charge in [0.1, 0.15) is 17.5 Å². The van der Waals surface area contributed by atoms with Crippen LogP contribution >= 0.6 is 0 Å². The van der Waals surface area contributed by atoms with E-state index in [1.807, 2.05) is 24.3 Å². The number of nitriles is 1. The van der Waals surface area contributed by atoms with Crippen molar-refractivity contribution in [2.45, 2.75) is 6.92 Å². The fraction of sp³-hybridized carbons (Fsp3) is 0.0588. The fourth-order valence-corrected chi connectivity index (χ4v) is 2.63. The van der Waals surface area contributed by atoms with E-state index in [4.69, 9.17) is 9.68 Å². The highest BCUT2D eigenvalue weighted by atomic mass is 16.3. The van der Waals surface area contributed by atoms with Crippen LogP contribution in [0.1, 0.15) is 21.7 Å². The molecule has 0 saturated heterocycles. The summed E-state index contributed by atoms with van der Waals surface area (Å²) < 4.78 is 5.10. The second-order valence-electron chi connectivity index (χ2n) is 5.48. The van der Waals surface area contributed by atoms with Crippen LogP contribution in [0.5, 0.6) is 0 Å². The highest BCUT2D eigenvalue weighted by Crippen LogP contribution is 2.28. The van der Waals surface area contributed by atoms with Gasteiger partial charge in [0.15, 0.2) is 5.69 Å². The summed E-state index contributed by atoms with van der Waals surface area (Å²) in [6.07, 6.45) is 3.19. The first kappa shape index (κ1) is 14.7. The molecule has 0 fully saturated rings. The summed E-state index contributed by atoms with van der Waals surface area (Å²) in [5.74, 6) is -0.362. The quantitative estimate of drug-likeness (QED) is 0.532. The monoisotopic (exact) mass is 332 g/mol. The minimum atomic E-state index is -0.362. The number of aromatic nitrogens is 4. The third-order valence-corrected chi connectivity index (χ3v) is 3.96. The average Bonchev–Trinajstić information content (AvgIpc) is 3.33. The molecule has 25 heavy (non-hydrogen) atoms. The molecule has 122 valence electrons. The number of nitrogens with one attached hydrogen (secondary N) is 3. The third-order valence-electron chi connectivity index (χ3n) is 3.96. The summed E-state index contributed by atoms with van der Waals surface area (Å²) in [7, 11) is 0. The predicted molar refractivity (Wildman–Crippen MR) is 89.8 cm³/mol. The van der Waals surface area contributed by atoms with Crippen molar-refractivity contribution in [3.63, 3.8) is 0 Å². The zero-order chi connectivity index (χ0) is 17.4. The lowest BCUT2D eigenvalue weighted by molar-refractivity contribution is 0.102. The Labute approximate surface area is 141 Å². The Kier molecular flexibility index (Phi) is 3.32. The van der Waals surface area contributed by atoms with Crippen LogP contribution in [0.4, 0.5) is 5.69 Å². The average molecular weight is 332 g/mol. The summed E-state index contributed by atoms with van der Waals surface area (Å²) >= 11 is 0. The van der Waals surface area contributed by atoms with Crippen LogP contribution in [0.3, 0.4) is 0 Å². The lowest BCUT2D eigenvalue weighted by atomic mass is 10.1. The maximum Gasteiger partial charge on any atom is 0.273 e. The molecule has 3 N–H and O–H groups in total. The van der Waals surface area contributed by atoms with Gasteiger partial charge in [-0.05, 0) is 31.2 Å². The van der Waals surface area contributed by atoms with E-state index >= 15 is 0 Å². The molecular weight excluding hydrogens is 320 g/mol. The van der Waals surface area contributed by atoms with Crippen LogP contribution < -0.4 is 5.32 Å². The van der Waals surface area contributed by atoms with E-state index in [0.29, 0.717) is 11.3 Å². The largest absolute Gasteiger partial charge is 0.472 e. The van der Waals surface area contributed by atoms with Gasteiger partial charge in [-0.2, -0.15) is 15.5 Å². The van der Waals surface area contributed by atoms with Crippen molar-refractivity contribution in [1.29, 1.82) is 5.26 Å². The number of rotatable bonds is 3. The number of nitrogens with zero attached hydrogens (tertiary/aromatic N) is 3. The lowest BCUT2D eigenvalue weighted by Crippen LogP contribution is -2.13. The molecular formula is C17H12N6O2. The van der Waals surface area contributed by atoms with Gasteiger partial charge in [0.25, 0.3) is 5.91 Å². The van der Waals surface area contributed by atoms with Crippen molar-refractivity contribution in [2.24, 2.45) is 0 Å². The normalized spacial score (nSPS) is 10.7. The first-order valence-electron chi connectivity index (χ1n) is 7.44. The van der Waals surface area contributed by atoms with Gasteiger partial charge in [-0.1, -0.05) is 0 Å². The van der Waals surface area contributed by atoms with E-state index in [0.717, 1.165) is 22.2 Å². The highest BCUT2D eigenvalue weighted by molar-refractivity contribution is 6.05. The van der Waals surface area contributed by atoms with Gasteiger partial charge in [0.2, 0.25) is 0 Å². The number of fused-ring (bicyclic) bond motifs is 1. The number of hydrogen-bond donors (Lipinski definition) is 3. The SMILES string of the molecule is Cc1c(C#N)n[nH]c1C(=O)Nc1ccc2[nH]nc(-c3ccoc3)c2c1. The fourth-order valence-electron chi connectivity index (χ4n) is 2.63. The van der Waals surface area contributed by atoms with E-state index < -0.39 is 0 Å². The molecule has 0 unspecified atom stereocenters. The number of hydrogen-bond acceptors (Lipinski definition) is 5. The molecule has 0 aliphatic rings. The Morgan fingerprint density at radius 2 is 2.16 bits per heavy atom. The maximum absolute atomic E-state index is 12.4.